The quantitative estimate of drug-likeness (QED) is 0.467. The Labute approximate surface area is 114 Å². The Morgan fingerprint density at radius 3 is 1.85 bits per heavy atom. The van der Waals surface area contributed by atoms with Crippen LogP contribution in [0.1, 0.15) is 0 Å². The van der Waals surface area contributed by atoms with Crippen LogP contribution in [-0.2, 0) is 13.9 Å². The van der Waals surface area contributed by atoms with Crippen LogP contribution in [0.4, 0.5) is 0 Å². The van der Waals surface area contributed by atoms with Crippen molar-refractivity contribution in [3.05, 3.63) is 24.3 Å². The van der Waals surface area contributed by atoms with E-state index >= 15 is 0 Å². The first kappa shape index (κ1) is 17.1. The Balaban J connectivity index is 3.33. The minimum absolute atomic E-state index is 0.151. The lowest BCUT2D eigenvalue weighted by Gasteiger charge is -2.33. The third kappa shape index (κ3) is 3.39. The van der Waals surface area contributed by atoms with Gasteiger partial charge in [0.15, 0.2) is 0 Å². The second-order valence-electron chi connectivity index (χ2n) is 3.86. The van der Waals surface area contributed by atoms with Gasteiger partial charge in [-0.3, -0.25) is 9.13 Å². The van der Waals surface area contributed by atoms with Crippen molar-refractivity contribution < 1.29 is 43.3 Å². The Kier molecular flexibility index (Phi) is 4.99. The lowest BCUT2D eigenvalue weighted by atomic mass is 10.3. The van der Waals surface area contributed by atoms with Crippen LogP contribution in [0.5, 0.6) is 11.5 Å². The zero-order valence-electron chi connectivity index (χ0n) is 10.3. The molecule has 1 rings (SSSR count). The summed E-state index contributed by atoms with van der Waals surface area (Å²) >= 11 is 0. The predicted octanol–water partition coefficient (Wildman–Crippen LogP) is 0.427. The molecule has 0 atom stereocenters. The van der Waals surface area contributed by atoms with E-state index < -0.39 is 26.9 Å². The summed E-state index contributed by atoms with van der Waals surface area (Å²) in [6, 6.07) is 4.47. The number of ether oxygens (including phenoxy) is 2. The van der Waals surface area contributed by atoms with Crippen molar-refractivity contribution in [3.8, 4) is 11.5 Å². The third-order valence-corrected chi connectivity index (χ3v) is 6.19. The highest BCUT2D eigenvalue weighted by Gasteiger charge is 2.63. The zero-order valence-corrected chi connectivity index (χ0v) is 12.1. The van der Waals surface area contributed by atoms with E-state index in [0.29, 0.717) is 0 Å². The van der Waals surface area contributed by atoms with Gasteiger partial charge in [-0.2, -0.15) is 0 Å². The molecule has 0 fully saturated rings. The second kappa shape index (κ2) is 5.83. The maximum absolute atomic E-state index is 11.5. The number of benzene rings is 1. The van der Waals surface area contributed by atoms with Gasteiger partial charge in [0.25, 0.3) is 0 Å². The highest BCUT2D eigenvalue weighted by Crippen LogP contribution is 2.69. The van der Waals surface area contributed by atoms with Gasteiger partial charge in [-0.1, -0.05) is 0 Å². The second-order valence-corrected chi connectivity index (χ2v) is 7.83. The molecule has 0 saturated heterocycles. The van der Waals surface area contributed by atoms with Crippen LogP contribution in [0.25, 0.3) is 0 Å². The standard InChI is InChI=1S/C9H14O9P2/c1-17-6-9(19(11,12)13,20(14,15)16)18-8-4-2-7(10)3-5-8/h2-5,10H,6H2,1H3,(H2,11,12,13)(H2,14,15,16). The van der Waals surface area contributed by atoms with Gasteiger partial charge < -0.3 is 34.2 Å². The molecule has 0 aliphatic carbocycles. The summed E-state index contributed by atoms with van der Waals surface area (Å²) < 4.78 is 32.4. The average Bonchev–Trinajstić information content (AvgIpc) is 2.28. The molecule has 0 unspecified atom stereocenters. The van der Waals surface area contributed by atoms with Gasteiger partial charge in [-0.15, -0.1) is 0 Å². The minimum atomic E-state index is -5.40. The van der Waals surface area contributed by atoms with E-state index in [1.807, 2.05) is 0 Å². The van der Waals surface area contributed by atoms with Crippen LogP contribution in [0.3, 0.4) is 0 Å². The lowest BCUT2D eigenvalue weighted by molar-refractivity contribution is 0.0638. The van der Waals surface area contributed by atoms with Gasteiger partial charge in [0, 0.05) is 7.11 Å². The molecule has 0 bridgehead atoms. The summed E-state index contributed by atoms with van der Waals surface area (Å²) in [4.78, 5) is 37.1. The van der Waals surface area contributed by atoms with Gasteiger partial charge >= 0.3 is 20.3 Å². The molecule has 0 aliphatic heterocycles. The maximum atomic E-state index is 11.5. The Bertz CT molecular complexity index is 521. The Hall–Kier alpha value is -0.920. The van der Waals surface area contributed by atoms with Crippen LogP contribution >= 0.6 is 15.2 Å². The summed E-state index contributed by atoms with van der Waals surface area (Å²) in [7, 11) is -9.78. The fourth-order valence-corrected chi connectivity index (χ4v) is 3.78. The molecule has 114 valence electrons. The molecular formula is C9H14O9P2. The average molecular weight is 328 g/mol. The first-order valence-corrected chi connectivity index (χ1v) is 8.34. The predicted molar refractivity (Wildman–Crippen MR) is 67.4 cm³/mol. The molecule has 0 saturated carbocycles. The zero-order chi connectivity index (χ0) is 15.6. The first-order chi connectivity index (χ1) is 9.03. The van der Waals surface area contributed by atoms with E-state index in [4.69, 9.17) is 9.84 Å². The summed E-state index contributed by atoms with van der Waals surface area (Å²) in [6.07, 6.45) is 0. The molecule has 0 heterocycles. The molecule has 20 heavy (non-hydrogen) atoms. The van der Waals surface area contributed by atoms with Crippen molar-refractivity contribution in [1.29, 1.82) is 0 Å². The fourth-order valence-electron chi connectivity index (χ4n) is 1.38. The van der Waals surface area contributed by atoms with Gasteiger partial charge in [0.05, 0.1) is 0 Å². The van der Waals surface area contributed by atoms with E-state index in [2.05, 4.69) is 4.74 Å². The van der Waals surface area contributed by atoms with E-state index in [0.717, 1.165) is 31.4 Å². The molecule has 1 aromatic carbocycles. The molecular weight excluding hydrogens is 314 g/mol. The van der Waals surface area contributed by atoms with Crippen LogP contribution in [0.2, 0.25) is 0 Å². The number of methoxy groups -OCH3 is 1. The van der Waals surface area contributed by atoms with E-state index in [1.165, 1.54) is 0 Å². The molecule has 0 spiro atoms. The molecule has 0 aromatic heterocycles. The summed E-state index contributed by atoms with van der Waals surface area (Å²) in [5.74, 6) is -0.395. The maximum Gasteiger partial charge on any atom is 0.383 e. The minimum Gasteiger partial charge on any atom is -0.508 e. The Morgan fingerprint density at radius 1 is 1.05 bits per heavy atom. The van der Waals surface area contributed by atoms with Crippen LogP contribution < -0.4 is 4.74 Å². The van der Waals surface area contributed by atoms with Gasteiger partial charge in [0.2, 0.25) is 0 Å². The summed E-state index contributed by atoms with van der Waals surface area (Å²) in [5, 5.41) is 5.94. The summed E-state index contributed by atoms with van der Waals surface area (Å²) in [6.45, 7) is -1.03. The molecule has 0 radical (unpaired) electrons. The topological polar surface area (TPSA) is 154 Å². The van der Waals surface area contributed by atoms with E-state index in [1.54, 1.807) is 0 Å². The largest absolute Gasteiger partial charge is 0.508 e. The van der Waals surface area contributed by atoms with E-state index in [9.17, 15) is 28.7 Å². The van der Waals surface area contributed by atoms with Crippen LogP contribution in [0.15, 0.2) is 24.3 Å². The molecule has 0 amide bonds. The lowest BCUT2D eigenvalue weighted by Crippen LogP contribution is -2.40. The van der Waals surface area contributed by atoms with Crippen molar-refractivity contribution in [2.75, 3.05) is 13.7 Å². The number of phenolic OH excluding ortho intramolecular Hbond substituents is 1. The smallest absolute Gasteiger partial charge is 0.383 e. The number of aromatic hydroxyl groups is 1. The normalized spacial score (nSPS) is 13.2. The number of hydrogen-bond donors (Lipinski definition) is 5. The van der Waals surface area contributed by atoms with Crippen molar-refractivity contribution in [2.24, 2.45) is 0 Å². The van der Waals surface area contributed by atoms with Crippen molar-refractivity contribution in [2.45, 2.75) is 5.08 Å². The van der Waals surface area contributed by atoms with Crippen molar-refractivity contribution >= 4 is 15.2 Å². The molecule has 0 aliphatic rings. The molecule has 11 heteroatoms. The molecule has 9 nitrogen and oxygen atoms in total. The molecule has 5 N–H and O–H groups in total. The SMILES string of the molecule is COCC(Oc1ccc(O)cc1)(P(=O)(O)O)P(=O)(O)O. The summed E-state index contributed by atoms with van der Waals surface area (Å²) in [5.41, 5.74) is 0. The van der Waals surface area contributed by atoms with E-state index in [-0.39, 0.29) is 11.5 Å². The van der Waals surface area contributed by atoms with Crippen molar-refractivity contribution in [3.63, 3.8) is 0 Å². The van der Waals surface area contributed by atoms with Gasteiger partial charge in [-0.05, 0) is 24.3 Å². The fraction of sp³-hybridized carbons (Fsp3) is 0.333. The third-order valence-electron chi connectivity index (χ3n) is 2.36. The van der Waals surface area contributed by atoms with Crippen LogP contribution in [0, 0.1) is 0 Å². The Morgan fingerprint density at radius 2 is 1.50 bits per heavy atom. The molecule has 1 aromatic rings. The highest BCUT2D eigenvalue weighted by molar-refractivity contribution is 7.72. The number of hydrogen-bond acceptors (Lipinski definition) is 5. The first-order valence-electron chi connectivity index (χ1n) is 5.12. The van der Waals surface area contributed by atoms with Gasteiger partial charge in [0.1, 0.15) is 18.1 Å². The number of phenols is 1. The highest BCUT2D eigenvalue weighted by atomic mass is 31.2. The number of rotatable bonds is 6. The van der Waals surface area contributed by atoms with Crippen LogP contribution in [-0.4, -0.2) is 43.5 Å². The monoisotopic (exact) mass is 328 g/mol. The van der Waals surface area contributed by atoms with Crippen molar-refractivity contribution in [1.82, 2.24) is 0 Å². The van der Waals surface area contributed by atoms with Gasteiger partial charge in [-0.25, -0.2) is 0 Å².